The largest absolute Gasteiger partial charge is 0.478 e. The van der Waals surface area contributed by atoms with Crippen molar-refractivity contribution in [3.05, 3.63) is 35.1 Å². The maximum Gasteiger partial charge on any atom is 0.338 e. The predicted molar refractivity (Wildman–Crippen MR) is 77.4 cm³/mol. The van der Waals surface area contributed by atoms with E-state index in [1.54, 1.807) is 6.07 Å². The number of carboxylic acids is 1. The highest BCUT2D eigenvalue weighted by Crippen LogP contribution is 2.10. The minimum Gasteiger partial charge on any atom is -0.478 e. The Bertz CT molecular complexity index is 451. The molecular weight excluding hydrogens is 259 g/mol. The molecule has 0 radical (unpaired) electrons. The summed E-state index contributed by atoms with van der Waals surface area (Å²) in [5.74, 6) is -1.93. The van der Waals surface area contributed by atoms with Crippen molar-refractivity contribution in [2.24, 2.45) is 0 Å². The number of aromatic carboxylic acids is 1. The molecule has 112 valence electrons. The molecule has 20 heavy (non-hydrogen) atoms. The van der Waals surface area contributed by atoms with Gasteiger partial charge in [0.25, 0.3) is 0 Å². The Labute approximate surface area is 119 Å². The fourth-order valence-corrected chi connectivity index (χ4v) is 1.86. The average Bonchev–Trinajstić information content (AvgIpc) is 2.42. The Morgan fingerprint density at radius 3 is 2.75 bits per heavy atom. The lowest BCUT2D eigenvalue weighted by atomic mass is 10.1. The van der Waals surface area contributed by atoms with Crippen molar-refractivity contribution in [2.75, 3.05) is 20.1 Å². The summed E-state index contributed by atoms with van der Waals surface area (Å²) >= 11 is 0. The average molecular weight is 282 g/mol. The Morgan fingerprint density at radius 2 is 2.20 bits per heavy atom. The second-order valence-electron chi connectivity index (χ2n) is 5.03. The summed E-state index contributed by atoms with van der Waals surface area (Å²) in [5.41, 5.74) is 0.462. The van der Waals surface area contributed by atoms with E-state index in [1.165, 1.54) is 12.1 Å². The fraction of sp³-hybridized carbons (Fsp3) is 0.533. The van der Waals surface area contributed by atoms with Crippen LogP contribution in [0, 0.1) is 5.82 Å². The van der Waals surface area contributed by atoms with Crippen molar-refractivity contribution in [2.45, 2.75) is 32.9 Å². The minimum absolute atomic E-state index is 0.287. The summed E-state index contributed by atoms with van der Waals surface area (Å²) in [5, 5.41) is 12.0. The standard InChI is InChI=1S/C15H23FN2O2/c1-4-11(2)18(3)8-7-17-10-12-5-6-13(15(19)20)14(16)9-12/h5-6,9,11,17H,4,7-8,10H2,1-3H3,(H,19,20). The molecule has 0 spiro atoms. The van der Waals surface area contributed by atoms with Crippen molar-refractivity contribution in [3.8, 4) is 0 Å². The SMILES string of the molecule is CCC(C)N(C)CCNCc1ccc(C(=O)O)c(F)c1. The molecule has 0 aliphatic rings. The second kappa shape index (κ2) is 7.97. The monoisotopic (exact) mass is 282 g/mol. The van der Waals surface area contributed by atoms with E-state index in [-0.39, 0.29) is 5.56 Å². The predicted octanol–water partition coefficient (Wildman–Crippen LogP) is 2.34. The zero-order chi connectivity index (χ0) is 15.1. The summed E-state index contributed by atoms with van der Waals surface area (Å²) in [6.45, 7) is 6.60. The summed E-state index contributed by atoms with van der Waals surface area (Å²) in [4.78, 5) is 13.0. The molecule has 0 saturated carbocycles. The van der Waals surface area contributed by atoms with Gasteiger partial charge in [-0.3, -0.25) is 0 Å². The number of hydrogen-bond acceptors (Lipinski definition) is 3. The second-order valence-corrected chi connectivity index (χ2v) is 5.03. The molecule has 1 aromatic carbocycles. The van der Waals surface area contributed by atoms with Crippen molar-refractivity contribution < 1.29 is 14.3 Å². The third-order valence-electron chi connectivity index (χ3n) is 3.58. The number of nitrogens with one attached hydrogen (secondary N) is 1. The molecule has 0 aliphatic carbocycles. The van der Waals surface area contributed by atoms with Crippen LogP contribution >= 0.6 is 0 Å². The molecule has 0 aromatic heterocycles. The van der Waals surface area contributed by atoms with Crippen LogP contribution in [0.3, 0.4) is 0 Å². The van der Waals surface area contributed by atoms with Gasteiger partial charge < -0.3 is 15.3 Å². The third kappa shape index (κ3) is 4.90. The first kappa shape index (κ1) is 16.6. The van der Waals surface area contributed by atoms with Crippen LogP contribution in [0.1, 0.15) is 36.2 Å². The first-order chi connectivity index (χ1) is 9.45. The fourth-order valence-electron chi connectivity index (χ4n) is 1.86. The maximum atomic E-state index is 13.5. The number of benzene rings is 1. The highest BCUT2D eigenvalue weighted by Gasteiger charge is 2.10. The zero-order valence-corrected chi connectivity index (χ0v) is 12.3. The van der Waals surface area contributed by atoms with Crippen LogP contribution in [0.5, 0.6) is 0 Å². The highest BCUT2D eigenvalue weighted by atomic mass is 19.1. The van der Waals surface area contributed by atoms with E-state index >= 15 is 0 Å². The molecule has 5 heteroatoms. The number of hydrogen-bond donors (Lipinski definition) is 2. The highest BCUT2D eigenvalue weighted by molar-refractivity contribution is 5.87. The van der Waals surface area contributed by atoms with Crippen LogP contribution in [0.4, 0.5) is 4.39 Å². The Balaban J connectivity index is 2.39. The molecular formula is C15H23FN2O2. The first-order valence-electron chi connectivity index (χ1n) is 6.88. The molecule has 0 amide bonds. The lowest BCUT2D eigenvalue weighted by molar-refractivity contribution is 0.0692. The molecule has 0 aliphatic heterocycles. The molecule has 1 unspecified atom stereocenters. The van der Waals surface area contributed by atoms with Crippen LogP contribution < -0.4 is 5.32 Å². The number of likely N-dealkylation sites (N-methyl/N-ethyl adjacent to an activating group) is 1. The first-order valence-corrected chi connectivity index (χ1v) is 6.88. The van der Waals surface area contributed by atoms with Crippen molar-refractivity contribution in [1.82, 2.24) is 10.2 Å². The number of nitrogens with zero attached hydrogens (tertiary/aromatic N) is 1. The van der Waals surface area contributed by atoms with Gasteiger partial charge in [0.2, 0.25) is 0 Å². The van der Waals surface area contributed by atoms with Gasteiger partial charge >= 0.3 is 5.97 Å². The lowest BCUT2D eigenvalue weighted by Crippen LogP contribution is -2.34. The lowest BCUT2D eigenvalue weighted by Gasteiger charge is -2.23. The molecule has 0 bridgehead atoms. The molecule has 1 aromatic rings. The Kier molecular flexibility index (Phi) is 6.61. The summed E-state index contributed by atoms with van der Waals surface area (Å²) in [6.07, 6.45) is 1.11. The molecule has 0 fully saturated rings. The van der Waals surface area contributed by atoms with Crippen LogP contribution in [0.25, 0.3) is 0 Å². The number of carboxylic acid groups (broad SMARTS) is 1. The van der Waals surface area contributed by atoms with Gasteiger partial charge in [-0.1, -0.05) is 13.0 Å². The molecule has 4 nitrogen and oxygen atoms in total. The quantitative estimate of drug-likeness (QED) is 0.719. The molecule has 1 atom stereocenters. The van der Waals surface area contributed by atoms with E-state index < -0.39 is 11.8 Å². The van der Waals surface area contributed by atoms with Gasteiger partial charge in [-0.15, -0.1) is 0 Å². The Hall–Kier alpha value is -1.46. The van der Waals surface area contributed by atoms with Crippen molar-refractivity contribution >= 4 is 5.97 Å². The van der Waals surface area contributed by atoms with E-state index in [2.05, 4.69) is 31.1 Å². The van der Waals surface area contributed by atoms with Gasteiger partial charge in [-0.25, -0.2) is 9.18 Å². The van der Waals surface area contributed by atoms with Crippen LogP contribution in [-0.2, 0) is 6.54 Å². The number of halogens is 1. The maximum absolute atomic E-state index is 13.5. The van der Waals surface area contributed by atoms with Gasteiger partial charge in [-0.2, -0.15) is 0 Å². The molecule has 2 N–H and O–H groups in total. The third-order valence-corrected chi connectivity index (χ3v) is 3.58. The van der Waals surface area contributed by atoms with E-state index in [0.29, 0.717) is 12.6 Å². The number of rotatable bonds is 8. The van der Waals surface area contributed by atoms with Crippen LogP contribution in [-0.4, -0.2) is 42.2 Å². The van der Waals surface area contributed by atoms with Crippen LogP contribution in [0.2, 0.25) is 0 Å². The molecule has 1 rings (SSSR count). The van der Waals surface area contributed by atoms with Gasteiger partial charge in [0.05, 0.1) is 5.56 Å². The molecule has 0 heterocycles. The van der Waals surface area contributed by atoms with Gasteiger partial charge in [0.15, 0.2) is 0 Å². The van der Waals surface area contributed by atoms with Gasteiger partial charge in [0, 0.05) is 25.7 Å². The molecule has 0 saturated heterocycles. The topological polar surface area (TPSA) is 52.6 Å². The summed E-state index contributed by atoms with van der Waals surface area (Å²) in [6, 6.07) is 4.76. The van der Waals surface area contributed by atoms with E-state index in [9.17, 15) is 9.18 Å². The smallest absolute Gasteiger partial charge is 0.338 e. The Morgan fingerprint density at radius 1 is 1.50 bits per heavy atom. The van der Waals surface area contributed by atoms with Crippen molar-refractivity contribution in [1.29, 1.82) is 0 Å². The minimum atomic E-state index is -1.24. The van der Waals surface area contributed by atoms with Gasteiger partial charge in [-0.05, 0) is 38.1 Å². The number of carbonyl (C=O) groups is 1. The van der Waals surface area contributed by atoms with Gasteiger partial charge in [0.1, 0.15) is 5.82 Å². The summed E-state index contributed by atoms with van der Waals surface area (Å²) < 4.78 is 13.5. The van der Waals surface area contributed by atoms with Crippen LogP contribution in [0.15, 0.2) is 18.2 Å². The zero-order valence-electron chi connectivity index (χ0n) is 12.3. The van der Waals surface area contributed by atoms with Crippen molar-refractivity contribution in [3.63, 3.8) is 0 Å². The van der Waals surface area contributed by atoms with E-state index in [0.717, 1.165) is 25.1 Å². The normalized spacial score (nSPS) is 12.7. The van der Waals surface area contributed by atoms with E-state index in [4.69, 9.17) is 5.11 Å². The summed E-state index contributed by atoms with van der Waals surface area (Å²) in [7, 11) is 2.08. The van der Waals surface area contributed by atoms with E-state index in [1.807, 2.05) is 0 Å².